The molecule has 0 aliphatic carbocycles. The largest absolute Gasteiger partial charge is 0.254 e. The van der Waals surface area contributed by atoms with Crippen molar-refractivity contribution in [1.29, 1.82) is 0 Å². The third kappa shape index (κ3) is 2.44. The minimum atomic E-state index is -0.244. The van der Waals surface area contributed by atoms with Crippen LogP contribution in [-0.4, -0.2) is 4.98 Å². The zero-order valence-corrected chi connectivity index (χ0v) is 10.7. The fourth-order valence-corrected chi connectivity index (χ4v) is 2.45. The molecule has 0 aliphatic heterocycles. The Kier molecular flexibility index (Phi) is 3.17. The predicted octanol–water partition coefficient (Wildman–Crippen LogP) is 4.41. The van der Waals surface area contributed by atoms with Crippen LogP contribution in [-0.2, 0) is 0 Å². The highest BCUT2D eigenvalue weighted by Crippen LogP contribution is 2.28. The molecule has 76 valence electrons. The van der Waals surface area contributed by atoms with Crippen molar-refractivity contribution in [3.63, 3.8) is 0 Å². The normalized spacial score (nSPS) is 10.3. The topological polar surface area (TPSA) is 12.9 Å². The Bertz CT molecular complexity index is 482. The van der Waals surface area contributed by atoms with Crippen LogP contribution in [0.1, 0.15) is 0 Å². The summed E-state index contributed by atoms with van der Waals surface area (Å²) in [6.07, 6.45) is 1.71. The van der Waals surface area contributed by atoms with Crippen LogP contribution < -0.4 is 0 Å². The van der Waals surface area contributed by atoms with E-state index >= 15 is 0 Å². The third-order valence-electron chi connectivity index (χ3n) is 1.93. The Labute approximate surface area is 104 Å². The maximum atomic E-state index is 12.7. The molecule has 0 unspecified atom stereocenters. The summed E-state index contributed by atoms with van der Waals surface area (Å²) in [7, 11) is 0. The van der Waals surface area contributed by atoms with Crippen LogP contribution in [0.3, 0.4) is 0 Å². The van der Waals surface area contributed by atoms with E-state index < -0.39 is 0 Å². The summed E-state index contributed by atoms with van der Waals surface area (Å²) in [5, 5.41) is 0. The van der Waals surface area contributed by atoms with E-state index in [4.69, 9.17) is 0 Å². The molecule has 0 amide bonds. The van der Waals surface area contributed by atoms with Gasteiger partial charge in [-0.3, -0.25) is 4.98 Å². The second-order valence-electron chi connectivity index (χ2n) is 2.99. The molecule has 2 rings (SSSR count). The summed E-state index contributed by atoms with van der Waals surface area (Å²) in [4.78, 5) is 4.26. The zero-order valence-electron chi connectivity index (χ0n) is 7.55. The first-order valence-corrected chi connectivity index (χ1v) is 5.82. The number of rotatable bonds is 1. The lowest BCUT2D eigenvalue weighted by Crippen LogP contribution is -1.85. The Morgan fingerprint density at radius 1 is 1.07 bits per heavy atom. The van der Waals surface area contributed by atoms with Gasteiger partial charge in [-0.1, -0.05) is 0 Å². The van der Waals surface area contributed by atoms with E-state index in [0.29, 0.717) is 0 Å². The lowest BCUT2D eigenvalue weighted by molar-refractivity contribution is 0.628. The number of pyridine rings is 1. The molecule has 0 N–H and O–H groups in total. The summed E-state index contributed by atoms with van der Waals surface area (Å²) in [5.41, 5.74) is 1.69. The van der Waals surface area contributed by atoms with Crippen LogP contribution >= 0.6 is 31.9 Å². The standard InChI is InChI=1S/C11H6Br2FN/c12-8-5-10(13)11(15-6-8)7-1-3-9(14)4-2-7/h1-6H. The van der Waals surface area contributed by atoms with E-state index in [1.54, 1.807) is 18.3 Å². The Hall–Kier alpha value is -0.740. The second kappa shape index (κ2) is 4.41. The highest BCUT2D eigenvalue weighted by atomic mass is 79.9. The lowest BCUT2D eigenvalue weighted by atomic mass is 10.1. The van der Waals surface area contributed by atoms with E-state index in [1.807, 2.05) is 6.07 Å². The molecule has 0 spiro atoms. The van der Waals surface area contributed by atoms with Gasteiger partial charge in [0.25, 0.3) is 0 Å². The molecule has 0 radical (unpaired) electrons. The van der Waals surface area contributed by atoms with Gasteiger partial charge in [-0.25, -0.2) is 4.39 Å². The van der Waals surface area contributed by atoms with Crippen LogP contribution in [0.5, 0.6) is 0 Å². The predicted molar refractivity (Wildman–Crippen MR) is 65.0 cm³/mol. The molecular formula is C11H6Br2FN. The van der Waals surface area contributed by atoms with Crippen molar-refractivity contribution in [3.05, 3.63) is 51.3 Å². The molecule has 4 heteroatoms. The van der Waals surface area contributed by atoms with Gasteiger partial charge in [-0.2, -0.15) is 0 Å². The lowest BCUT2D eigenvalue weighted by Gasteiger charge is -2.03. The van der Waals surface area contributed by atoms with E-state index in [9.17, 15) is 4.39 Å². The fraction of sp³-hybridized carbons (Fsp3) is 0. The van der Waals surface area contributed by atoms with E-state index in [-0.39, 0.29) is 5.82 Å². The first-order chi connectivity index (χ1) is 7.16. The van der Waals surface area contributed by atoms with Crippen molar-refractivity contribution in [2.24, 2.45) is 0 Å². The molecule has 1 nitrogen and oxygen atoms in total. The van der Waals surface area contributed by atoms with E-state index in [0.717, 1.165) is 20.2 Å². The summed E-state index contributed by atoms with van der Waals surface area (Å²) >= 11 is 6.74. The van der Waals surface area contributed by atoms with Crippen LogP contribution in [0.15, 0.2) is 45.5 Å². The number of aromatic nitrogens is 1. The quantitative estimate of drug-likeness (QED) is 0.754. The maximum Gasteiger partial charge on any atom is 0.123 e. The first kappa shape index (κ1) is 10.8. The van der Waals surface area contributed by atoms with Crippen molar-refractivity contribution in [1.82, 2.24) is 4.98 Å². The number of nitrogens with zero attached hydrogens (tertiary/aromatic N) is 1. The van der Waals surface area contributed by atoms with Crippen LogP contribution in [0.2, 0.25) is 0 Å². The summed E-state index contributed by atoms with van der Waals surface area (Å²) < 4.78 is 14.5. The molecule has 1 aromatic carbocycles. The summed E-state index contributed by atoms with van der Waals surface area (Å²) in [6, 6.07) is 8.16. The molecular weight excluding hydrogens is 325 g/mol. The first-order valence-electron chi connectivity index (χ1n) is 4.24. The minimum absolute atomic E-state index is 0.244. The van der Waals surface area contributed by atoms with Crippen molar-refractivity contribution >= 4 is 31.9 Å². The van der Waals surface area contributed by atoms with E-state index in [1.165, 1.54) is 12.1 Å². The molecule has 0 atom stereocenters. The minimum Gasteiger partial charge on any atom is -0.254 e. The van der Waals surface area contributed by atoms with Crippen LogP contribution in [0, 0.1) is 5.82 Å². The monoisotopic (exact) mass is 329 g/mol. The molecule has 0 bridgehead atoms. The Morgan fingerprint density at radius 3 is 2.33 bits per heavy atom. The molecule has 0 fully saturated rings. The molecule has 1 heterocycles. The highest BCUT2D eigenvalue weighted by molar-refractivity contribution is 9.11. The molecule has 0 saturated carbocycles. The fourth-order valence-electron chi connectivity index (χ4n) is 1.23. The number of hydrogen-bond donors (Lipinski definition) is 0. The van der Waals surface area contributed by atoms with Crippen LogP contribution in [0.25, 0.3) is 11.3 Å². The van der Waals surface area contributed by atoms with E-state index in [2.05, 4.69) is 36.8 Å². The highest BCUT2D eigenvalue weighted by Gasteiger charge is 2.05. The molecule has 0 aliphatic rings. The molecule has 2 aromatic rings. The van der Waals surface area contributed by atoms with Crippen molar-refractivity contribution in [2.75, 3.05) is 0 Å². The second-order valence-corrected chi connectivity index (χ2v) is 4.76. The maximum absolute atomic E-state index is 12.7. The Morgan fingerprint density at radius 2 is 1.73 bits per heavy atom. The van der Waals surface area contributed by atoms with Gasteiger partial charge in [0.05, 0.1) is 5.69 Å². The average Bonchev–Trinajstić information content (AvgIpc) is 2.20. The molecule has 0 saturated heterocycles. The van der Waals surface area contributed by atoms with Crippen molar-refractivity contribution in [2.45, 2.75) is 0 Å². The third-order valence-corrected chi connectivity index (χ3v) is 2.96. The van der Waals surface area contributed by atoms with Gasteiger partial charge < -0.3 is 0 Å². The van der Waals surface area contributed by atoms with Gasteiger partial charge in [0, 0.05) is 20.7 Å². The van der Waals surface area contributed by atoms with Crippen molar-refractivity contribution < 1.29 is 4.39 Å². The molecule has 1 aromatic heterocycles. The van der Waals surface area contributed by atoms with Crippen molar-refractivity contribution in [3.8, 4) is 11.3 Å². The van der Waals surface area contributed by atoms with Gasteiger partial charge in [-0.15, -0.1) is 0 Å². The smallest absolute Gasteiger partial charge is 0.123 e. The summed E-state index contributed by atoms with van der Waals surface area (Å²) in [6.45, 7) is 0. The van der Waals surface area contributed by atoms with Gasteiger partial charge >= 0.3 is 0 Å². The van der Waals surface area contributed by atoms with Gasteiger partial charge in [0.15, 0.2) is 0 Å². The van der Waals surface area contributed by atoms with Gasteiger partial charge in [-0.05, 0) is 62.2 Å². The Balaban J connectivity index is 2.49. The molecule has 15 heavy (non-hydrogen) atoms. The SMILES string of the molecule is Fc1ccc(-c2ncc(Br)cc2Br)cc1. The number of halogens is 3. The number of benzene rings is 1. The summed E-state index contributed by atoms with van der Waals surface area (Å²) in [5.74, 6) is -0.244. The average molecular weight is 331 g/mol. The van der Waals surface area contributed by atoms with Gasteiger partial charge in [0.1, 0.15) is 5.82 Å². The van der Waals surface area contributed by atoms with Gasteiger partial charge in [0.2, 0.25) is 0 Å². The zero-order chi connectivity index (χ0) is 10.8. The van der Waals surface area contributed by atoms with Crippen LogP contribution in [0.4, 0.5) is 4.39 Å². The number of hydrogen-bond acceptors (Lipinski definition) is 1.